The lowest BCUT2D eigenvalue weighted by Crippen LogP contribution is -2.35. The first-order valence-electron chi connectivity index (χ1n) is 9.79. The summed E-state index contributed by atoms with van der Waals surface area (Å²) in [6, 6.07) is -0.301. The Hall–Kier alpha value is -0.420. The molecular weight excluding hydrogens is 368 g/mol. The number of unbranched alkanes of at least 4 members (excludes halogenated alkanes) is 11. The van der Waals surface area contributed by atoms with Crippen LogP contribution in [0.4, 0.5) is 0 Å². The van der Waals surface area contributed by atoms with E-state index in [1.165, 1.54) is 70.6 Å². The summed E-state index contributed by atoms with van der Waals surface area (Å²) in [5, 5.41) is 3.21. The summed E-state index contributed by atoms with van der Waals surface area (Å²) < 4.78 is -0.0947. The molecule has 0 spiro atoms. The molecule has 0 aromatic rings. The van der Waals surface area contributed by atoms with Crippen LogP contribution in [0.5, 0.6) is 0 Å². The van der Waals surface area contributed by atoms with E-state index in [1.54, 1.807) is 0 Å². The summed E-state index contributed by atoms with van der Waals surface area (Å²) in [5.41, 5.74) is 5.12. The Morgan fingerprint density at radius 3 is 1.75 bits per heavy atom. The fourth-order valence-electron chi connectivity index (χ4n) is 2.82. The van der Waals surface area contributed by atoms with Crippen LogP contribution in [-0.4, -0.2) is 23.2 Å². The third kappa shape index (κ3) is 16.4. The molecule has 0 aromatic heterocycles. The standard InChI is InChI=1S/C19H37BrN2O2/c1-2-3-4-5-6-7-8-9-10-11-12-13-16-22-17(19(20)24)14-15-18(21)23/h17,22H,2-16H2,1H3,(H2,21,23). The Morgan fingerprint density at radius 1 is 0.875 bits per heavy atom. The van der Waals surface area contributed by atoms with E-state index < -0.39 is 0 Å². The first-order chi connectivity index (χ1) is 11.6. The molecule has 0 aliphatic rings. The van der Waals surface area contributed by atoms with Crippen molar-refractivity contribution in [3.63, 3.8) is 0 Å². The molecule has 142 valence electrons. The minimum Gasteiger partial charge on any atom is -0.370 e. The number of amides is 1. The number of hydrogen-bond acceptors (Lipinski definition) is 3. The Bertz CT molecular complexity index is 324. The fraction of sp³-hybridized carbons (Fsp3) is 0.895. The molecule has 0 rings (SSSR count). The molecule has 1 unspecified atom stereocenters. The third-order valence-electron chi connectivity index (χ3n) is 4.37. The molecule has 0 heterocycles. The van der Waals surface area contributed by atoms with Crippen molar-refractivity contribution in [2.45, 2.75) is 103 Å². The molecular formula is C19H37BrN2O2. The van der Waals surface area contributed by atoms with Crippen LogP contribution in [0.1, 0.15) is 96.8 Å². The number of primary amides is 1. The van der Waals surface area contributed by atoms with Crippen molar-refractivity contribution in [3.05, 3.63) is 0 Å². The Kier molecular flexibility index (Phi) is 17.1. The molecule has 0 fully saturated rings. The van der Waals surface area contributed by atoms with Crippen molar-refractivity contribution in [1.29, 1.82) is 0 Å². The second-order valence-electron chi connectivity index (χ2n) is 6.70. The zero-order chi connectivity index (χ0) is 18.0. The van der Waals surface area contributed by atoms with Crippen molar-refractivity contribution in [2.24, 2.45) is 5.73 Å². The molecule has 0 bridgehead atoms. The van der Waals surface area contributed by atoms with Gasteiger partial charge in [0.05, 0.1) is 6.04 Å². The molecule has 0 radical (unpaired) electrons. The molecule has 0 saturated heterocycles. The van der Waals surface area contributed by atoms with Gasteiger partial charge in [0, 0.05) is 6.42 Å². The first-order valence-corrected chi connectivity index (χ1v) is 10.6. The van der Waals surface area contributed by atoms with Gasteiger partial charge in [0.2, 0.25) is 10.6 Å². The van der Waals surface area contributed by atoms with Gasteiger partial charge in [0.15, 0.2) is 0 Å². The van der Waals surface area contributed by atoms with Crippen LogP contribution in [0.3, 0.4) is 0 Å². The number of carbonyl (C=O) groups excluding carboxylic acids is 2. The minimum absolute atomic E-state index is 0.0947. The Morgan fingerprint density at radius 2 is 1.33 bits per heavy atom. The molecule has 0 aromatic carbocycles. The molecule has 4 nitrogen and oxygen atoms in total. The van der Waals surface area contributed by atoms with Crippen LogP contribution in [-0.2, 0) is 9.59 Å². The van der Waals surface area contributed by atoms with Gasteiger partial charge >= 0.3 is 0 Å². The molecule has 5 heteroatoms. The Labute approximate surface area is 156 Å². The second-order valence-corrected chi connectivity index (χ2v) is 7.49. The summed E-state index contributed by atoms with van der Waals surface area (Å²) >= 11 is 2.98. The third-order valence-corrected chi connectivity index (χ3v) is 4.93. The van der Waals surface area contributed by atoms with E-state index in [-0.39, 0.29) is 23.1 Å². The molecule has 24 heavy (non-hydrogen) atoms. The van der Waals surface area contributed by atoms with Crippen molar-refractivity contribution >= 4 is 26.5 Å². The van der Waals surface area contributed by atoms with Gasteiger partial charge in [-0.1, -0.05) is 77.6 Å². The van der Waals surface area contributed by atoms with Crippen LogP contribution in [0.15, 0.2) is 0 Å². The van der Waals surface area contributed by atoms with Gasteiger partial charge in [-0.25, -0.2) is 0 Å². The molecule has 0 aliphatic heterocycles. The van der Waals surface area contributed by atoms with Crippen molar-refractivity contribution in [3.8, 4) is 0 Å². The maximum absolute atomic E-state index is 11.4. The normalized spacial score (nSPS) is 12.2. The highest BCUT2D eigenvalue weighted by Crippen LogP contribution is 2.12. The maximum atomic E-state index is 11.4. The average Bonchev–Trinajstić information content (AvgIpc) is 2.54. The number of hydrogen-bond donors (Lipinski definition) is 2. The molecule has 1 amide bonds. The Balaban J connectivity index is 3.36. The van der Waals surface area contributed by atoms with Gasteiger partial charge in [-0.2, -0.15) is 0 Å². The lowest BCUT2D eigenvalue weighted by molar-refractivity contribution is -0.118. The lowest BCUT2D eigenvalue weighted by atomic mass is 10.1. The van der Waals surface area contributed by atoms with Crippen molar-refractivity contribution in [2.75, 3.05) is 6.54 Å². The average molecular weight is 405 g/mol. The van der Waals surface area contributed by atoms with Gasteiger partial charge in [0.25, 0.3) is 0 Å². The minimum atomic E-state index is -0.360. The van der Waals surface area contributed by atoms with Crippen molar-refractivity contribution in [1.82, 2.24) is 5.32 Å². The predicted molar refractivity (Wildman–Crippen MR) is 105 cm³/mol. The van der Waals surface area contributed by atoms with E-state index in [0.29, 0.717) is 6.42 Å². The highest BCUT2D eigenvalue weighted by molar-refractivity contribution is 9.18. The number of nitrogens with one attached hydrogen (secondary N) is 1. The fourth-order valence-corrected chi connectivity index (χ4v) is 3.22. The summed E-state index contributed by atoms with van der Waals surface area (Å²) in [7, 11) is 0. The lowest BCUT2D eigenvalue weighted by Gasteiger charge is -2.13. The van der Waals surface area contributed by atoms with E-state index in [2.05, 4.69) is 28.2 Å². The number of nitrogens with two attached hydrogens (primary N) is 1. The SMILES string of the molecule is CCCCCCCCCCCCCCNC(CCC(N)=O)C(=O)Br. The second kappa shape index (κ2) is 17.4. The van der Waals surface area contributed by atoms with E-state index >= 15 is 0 Å². The summed E-state index contributed by atoms with van der Waals surface area (Å²) in [6.07, 6.45) is 16.6. The molecule has 3 N–H and O–H groups in total. The summed E-state index contributed by atoms with van der Waals surface area (Å²) in [6.45, 7) is 3.08. The number of carbonyl (C=O) groups is 2. The van der Waals surface area contributed by atoms with E-state index in [1.807, 2.05) is 0 Å². The smallest absolute Gasteiger partial charge is 0.217 e. The quantitative estimate of drug-likeness (QED) is 0.253. The van der Waals surface area contributed by atoms with E-state index in [9.17, 15) is 9.59 Å². The molecule has 1 atom stereocenters. The predicted octanol–water partition coefficient (Wildman–Crippen LogP) is 4.83. The zero-order valence-electron chi connectivity index (χ0n) is 15.5. The van der Waals surface area contributed by atoms with Crippen LogP contribution in [0.2, 0.25) is 0 Å². The van der Waals surface area contributed by atoms with Gasteiger partial charge < -0.3 is 11.1 Å². The van der Waals surface area contributed by atoms with Crippen molar-refractivity contribution < 1.29 is 9.59 Å². The van der Waals surface area contributed by atoms with Crippen LogP contribution >= 0.6 is 15.9 Å². The maximum Gasteiger partial charge on any atom is 0.217 e. The highest BCUT2D eigenvalue weighted by Gasteiger charge is 2.15. The number of rotatable bonds is 18. The topological polar surface area (TPSA) is 72.2 Å². The van der Waals surface area contributed by atoms with Crippen LogP contribution < -0.4 is 11.1 Å². The summed E-state index contributed by atoms with van der Waals surface area (Å²) in [5.74, 6) is -0.360. The molecule has 0 aliphatic carbocycles. The molecule has 0 saturated carbocycles. The number of halogens is 1. The van der Waals surface area contributed by atoms with Crippen LogP contribution in [0.25, 0.3) is 0 Å². The summed E-state index contributed by atoms with van der Waals surface area (Å²) in [4.78, 5) is 22.2. The first kappa shape index (κ1) is 23.6. The van der Waals surface area contributed by atoms with Gasteiger partial charge in [-0.3, -0.25) is 9.59 Å². The van der Waals surface area contributed by atoms with Gasteiger partial charge in [0.1, 0.15) is 0 Å². The zero-order valence-corrected chi connectivity index (χ0v) is 17.0. The van der Waals surface area contributed by atoms with E-state index in [0.717, 1.165) is 13.0 Å². The van der Waals surface area contributed by atoms with E-state index in [4.69, 9.17) is 5.73 Å². The monoisotopic (exact) mass is 404 g/mol. The largest absolute Gasteiger partial charge is 0.370 e. The van der Waals surface area contributed by atoms with Gasteiger partial charge in [-0.05, 0) is 35.3 Å². The van der Waals surface area contributed by atoms with Crippen LogP contribution in [0, 0.1) is 0 Å². The highest BCUT2D eigenvalue weighted by atomic mass is 79.9. The van der Waals surface area contributed by atoms with Gasteiger partial charge in [-0.15, -0.1) is 0 Å².